The van der Waals surface area contributed by atoms with Crippen molar-refractivity contribution in [3.8, 4) is 0 Å². The van der Waals surface area contributed by atoms with Gasteiger partial charge in [0.05, 0.1) is 4.90 Å². The molecule has 0 aliphatic carbocycles. The van der Waals surface area contributed by atoms with Crippen molar-refractivity contribution in [2.75, 3.05) is 36.4 Å². The van der Waals surface area contributed by atoms with Crippen LogP contribution in [0.25, 0.3) is 0 Å². The summed E-state index contributed by atoms with van der Waals surface area (Å²) in [7, 11) is -3.61. The van der Waals surface area contributed by atoms with Crippen LogP contribution in [-0.4, -0.2) is 53.9 Å². The number of rotatable bonds is 5. The highest BCUT2D eigenvalue weighted by atomic mass is 35.5. The number of pyridine rings is 1. The Labute approximate surface area is 187 Å². The van der Waals surface area contributed by atoms with Crippen LogP contribution in [0.2, 0.25) is 5.02 Å². The van der Waals surface area contributed by atoms with E-state index < -0.39 is 10.0 Å². The summed E-state index contributed by atoms with van der Waals surface area (Å²) in [6, 6.07) is 12.4. The van der Waals surface area contributed by atoms with E-state index in [-0.39, 0.29) is 4.90 Å². The number of nitrogens with one attached hydrogen (secondary N) is 1. The molecule has 4 rings (SSSR count). The molecule has 1 aliphatic rings. The third-order valence-electron chi connectivity index (χ3n) is 5.08. The molecule has 31 heavy (non-hydrogen) atoms. The number of piperazine rings is 1. The van der Waals surface area contributed by atoms with Crippen LogP contribution in [0.4, 0.5) is 17.5 Å². The average Bonchev–Trinajstić information content (AvgIpc) is 2.76. The molecule has 3 aromatic rings. The zero-order valence-corrected chi connectivity index (χ0v) is 18.9. The lowest BCUT2D eigenvalue weighted by Crippen LogP contribution is -2.49. The number of aryl methyl sites for hydroxylation is 2. The van der Waals surface area contributed by atoms with E-state index in [0.29, 0.717) is 54.2 Å². The van der Waals surface area contributed by atoms with Crippen LogP contribution in [-0.2, 0) is 10.0 Å². The second-order valence-electron chi connectivity index (χ2n) is 7.30. The minimum absolute atomic E-state index is 0.258. The molecule has 10 heteroatoms. The van der Waals surface area contributed by atoms with Gasteiger partial charge in [-0.2, -0.15) is 4.31 Å². The van der Waals surface area contributed by atoms with Gasteiger partial charge in [0.15, 0.2) is 0 Å². The minimum Gasteiger partial charge on any atom is -0.354 e. The zero-order valence-electron chi connectivity index (χ0n) is 17.3. The maximum atomic E-state index is 13.1. The lowest BCUT2D eigenvalue weighted by molar-refractivity contribution is 0.383. The Morgan fingerprint density at radius 3 is 2.45 bits per heavy atom. The van der Waals surface area contributed by atoms with Gasteiger partial charge in [-0.15, -0.1) is 0 Å². The van der Waals surface area contributed by atoms with E-state index in [1.54, 1.807) is 25.3 Å². The summed E-state index contributed by atoms with van der Waals surface area (Å²) in [5.41, 5.74) is 0.684. The molecule has 1 saturated heterocycles. The number of hydrogen-bond donors (Lipinski definition) is 1. The van der Waals surface area contributed by atoms with Gasteiger partial charge >= 0.3 is 0 Å². The fourth-order valence-electron chi connectivity index (χ4n) is 3.49. The van der Waals surface area contributed by atoms with E-state index in [9.17, 15) is 8.42 Å². The van der Waals surface area contributed by atoms with Gasteiger partial charge in [-0.05, 0) is 43.7 Å². The lowest BCUT2D eigenvalue weighted by Gasteiger charge is -2.35. The van der Waals surface area contributed by atoms with Gasteiger partial charge < -0.3 is 10.2 Å². The van der Waals surface area contributed by atoms with E-state index in [0.717, 1.165) is 5.82 Å². The van der Waals surface area contributed by atoms with Crippen LogP contribution in [0.3, 0.4) is 0 Å². The molecule has 0 spiro atoms. The van der Waals surface area contributed by atoms with Crippen LogP contribution in [0.15, 0.2) is 53.6 Å². The van der Waals surface area contributed by atoms with Gasteiger partial charge in [0.1, 0.15) is 23.3 Å². The maximum Gasteiger partial charge on any atom is 0.243 e. The second kappa shape index (κ2) is 8.78. The van der Waals surface area contributed by atoms with Crippen molar-refractivity contribution in [3.63, 3.8) is 0 Å². The molecule has 1 aliphatic heterocycles. The highest BCUT2D eigenvalue weighted by Crippen LogP contribution is 2.26. The maximum absolute atomic E-state index is 13.1. The van der Waals surface area contributed by atoms with Gasteiger partial charge in [0.25, 0.3) is 0 Å². The number of halogens is 1. The summed E-state index contributed by atoms with van der Waals surface area (Å²) in [6.07, 6.45) is 1.71. The monoisotopic (exact) mass is 458 g/mol. The van der Waals surface area contributed by atoms with Crippen LogP contribution < -0.4 is 10.2 Å². The molecule has 1 fully saturated rings. The van der Waals surface area contributed by atoms with Crippen LogP contribution in [0.5, 0.6) is 0 Å². The van der Waals surface area contributed by atoms with Crippen LogP contribution in [0, 0.1) is 13.8 Å². The van der Waals surface area contributed by atoms with Crippen molar-refractivity contribution in [1.29, 1.82) is 0 Å². The predicted molar refractivity (Wildman–Crippen MR) is 121 cm³/mol. The largest absolute Gasteiger partial charge is 0.354 e. The molecule has 0 unspecified atom stereocenters. The van der Waals surface area contributed by atoms with E-state index in [1.165, 1.54) is 10.4 Å². The number of nitrogens with zero attached hydrogens (tertiary/aromatic N) is 5. The lowest BCUT2D eigenvalue weighted by atomic mass is 10.2. The minimum atomic E-state index is -3.61. The summed E-state index contributed by atoms with van der Waals surface area (Å²) < 4.78 is 27.7. The first-order chi connectivity index (χ1) is 14.8. The molecule has 1 aromatic carbocycles. The molecule has 162 valence electrons. The summed E-state index contributed by atoms with van der Waals surface area (Å²) >= 11 is 6.04. The van der Waals surface area contributed by atoms with Crippen molar-refractivity contribution < 1.29 is 8.42 Å². The topological polar surface area (TPSA) is 91.3 Å². The van der Waals surface area contributed by atoms with Gasteiger partial charge in [-0.3, -0.25) is 0 Å². The highest BCUT2D eigenvalue weighted by Gasteiger charge is 2.30. The Balaban J connectivity index is 1.49. The van der Waals surface area contributed by atoms with Crippen molar-refractivity contribution in [3.05, 3.63) is 65.1 Å². The molecule has 1 N–H and O–H groups in total. The van der Waals surface area contributed by atoms with Crippen molar-refractivity contribution in [1.82, 2.24) is 19.3 Å². The molecule has 0 radical (unpaired) electrons. The van der Waals surface area contributed by atoms with E-state index >= 15 is 0 Å². The molecular weight excluding hydrogens is 436 g/mol. The van der Waals surface area contributed by atoms with Gasteiger partial charge in [0, 0.05) is 43.5 Å². The third kappa shape index (κ3) is 4.79. The Morgan fingerprint density at radius 2 is 1.74 bits per heavy atom. The number of benzene rings is 1. The quantitative estimate of drug-likeness (QED) is 0.626. The first kappa shape index (κ1) is 21.5. The highest BCUT2D eigenvalue weighted by molar-refractivity contribution is 7.89. The molecule has 0 bridgehead atoms. The Kier molecular flexibility index (Phi) is 6.08. The molecule has 2 aromatic heterocycles. The number of aromatic nitrogens is 3. The molecule has 0 amide bonds. The Morgan fingerprint density at radius 1 is 0.968 bits per heavy atom. The fraction of sp³-hybridized carbons (Fsp3) is 0.286. The van der Waals surface area contributed by atoms with Gasteiger partial charge in [-0.1, -0.05) is 23.7 Å². The number of hydrogen-bond acceptors (Lipinski definition) is 7. The first-order valence-corrected chi connectivity index (χ1v) is 11.7. The van der Waals surface area contributed by atoms with Crippen LogP contribution in [0.1, 0.15) is 11.4 Å². The van der Waals surface area contributed by atoms with Crippen molar-refractivity contribution >= 4 is 39.1 Å². The summed E-state index contributed by atoms with van der Waals surface area (Å²) in [4.78, 5) is 15.5. The van der Waals surface area contributed by atoms with Crippen molar-refractivity contribution in [2.45, 2.75) is 18.7 Å². The average molecular weight is 459 g/mol. The number of anilines is 3. The van der Waals surface area contributed by atoms with E-state index in [1.807, 2.05) is 31.2 Å². The number of sulfonamides is 1. The van der Waals surface area contributed by atoms with E-state index in [4.69, 9.17) is 11.6 Å². The Hall–Kier alpha value is -2.75. The summed E-state index contributed by atoms with van der Waals surface area (Å²) in [5, 5.41) is 3.59. The zero-order chi connectivity index (χ0) is 22.0. The standard InChI is InChI=1S/C21H23ClN6O2S/c1-15-6-7-17(22)13-18(15)31(29,30)28-11-9-27(10-12-28)21-14-20(24-16(2)25-21)26-19-5-3-4-8-23-19/h3-8,13-14H,9-12H2,1-2H3,(H,23,24,25,26). The SMILES string of the molecule is Cc1nc(Nc2ccccn2)cc(N2CCN(S(=O)(=O)c3cc(Cl)ccc3C)CC2)n1. The smallest absolute Gasteiger partial charge is 0.243 e. The summed E-state index contributed by atoms with van der Waals surface area (Å²) in [5.74, 6) is 2.72. The van der Waals surface area contributed by atoms with Gasteiger partial charge in [-0.25, -0.2) is 23.4 Å². The predicted octanol–water partition coefficient (Wildman–Crippen LogP) is 3.40. The van der Waals surface area contributed by atoms with E-state index in [2.05, 4.69) is 25.2 Å². The molecule has 3 heterocycles. The molecule has 0 atom stereocenters. The third-order valence-corrected chi connectivity index (χ3v) is 7.35. The molecule has 0 saturated carbocycles. The second-order valence-corrected chi connectivity index (χ2v) is 9.64. The van der Waals surface area contributed by atoms with Crippen LogP contribution >= 0.6 is 11.6 Å². The fourth-order valence-corrected chi connectivity index (χ4v) is 5.40. The summed E-state index contributed by atoms with van der Waals surface area (Å²) in [6.45, 7) is 5.38. The molecular formula is C21H23ClN6O2S. The Bertz CT molecular complexity index is 1180. The molecule has 8 nitrogen and oxygen atoms in total. The van der Waals surface area contributed by atoms with Crippen molar-refractivity contribution in [2.24, 2.45) is 0 Å². The van der Waals surface area contributed by atoms with Gasteiger partial charge in [0.2, 0.25) is 10.0 Å². The first-order valence-electron chi connectivity index (χ1n) is 9.88. The normalized spacial score (nSPS) is 15.1.